The Bertz CT molecular complexity index is 911. The average Bonchev–Trinajstić information content (AvgIpc) is 2.96. The minimum atomic E-state index is -3.64. The van der Waals surface area contributed by atoms with Crippen molar-refractivity contribution in [1.82, 2.24) is 14.4 Å². The third-order valence-corrected chi connectivity index (χ3v) is 6.83. The zero-order valence-electron chi connectivity index (χ0n) is 15.7. The molecular formula is C18H24N4O4S. The van der Waals surface area contributed by atoms with Crippen LogP contribution < -0.4 is 5.32 Å². The fraction of sp³-hybridized carbons (Fsp3) is 0.444. The molecule has 9 heteroatoms. The molecule has 8 nitrogen and oxygen atoms in total. The Balaban J connectivity index is 1.57. The number of aromatic nitrogens is 1. The van der Waals surface area contributed by atoms with Gasteiger partial charge in [0.2, 0.25) is 15.9 Å². The predicted octanol–water partition coefficient (Wildman–Crippen LogP) is 1.54. The molecular weight excluding hydrogens is 368 g/mol. The van der Waals surface area contributed by atoms with E-state index in [2.05, 4.69) is 10.5 Å². The number of carbonyl (C=O) groups is 1. The molecule has 27 heavy (non-hydrogen) atoms. The van der Waals surface area contributed by atoms with Gasteiger partial charge in [-0.15, -0.1) is 0 Å². The molecule has 0 spiro atoms. The Morgan fingerprint density at radius 1 is 1.15 bits per heavy atom. The summed E-state index contributed by atoms with van der Waals surface area (Å²) in [7, 11) is -3.64. The quantitative estimate of drug-likeness (QED) is 0.829. The standard InChI is InChI=1S/C18H24N4O4S/c1-13-6-4-5-7-16(13)19-17(23)12-21-8-10-22(11-9-21)27(24,25)18-14(2)20-26-15(18)3/h4-7H,8-12H2,1-3H3,(H,19,23). The van der Waals surface area contributed by atoms with E-state index in [4.69, 9.17) is 4.52 Å². The maximum Gasteiger partial charge on any atom is 0.248 e. The number of benzene rings is 1. The molecule has 1 aliphatic rings. The van der Waals surface area contributed by atoms with Gasteiger partial charge in [0, 0.05) is 31.9 Å². The molecule has 1 amide bonds. The van der Waals surface area contributed by atoms with E-state index in [9.17, 15) is 13.2 Å². The van der Waals surface area contributed by atoms with Crippen molar-refractivity contribution in [3.8, 4) is 0 Å². The summed E-state index contributed by atoms with van der Waals surface area (Å²) in [5, 5.41) is 6.64. The van der Waals surface area contributed by atoms with Crippen LogP contribution in [0.1, 0.15) is 17.0 Å². The van der Waals surface area contributed by atoms with E-state index in [1.165, 1.54) is 4.31 Å². The van der Waals surface area contributed by atoms with Crippen molar-refractivity contribution in [2.45, 2.75) is 25.7 Å². The summed E-state index contributed by atoms with van der Waals surface area (Å²) < 4.78 is 32.1. The lowest BCUT2D eigenvalue weighted by Crippen LogP contribution is -2.50. The Kier molecular flexibility index (Phi) is 5.64. The molecule has 0 bridgehead atoms. The lowest BCUT2D eigenvalue weighted by molar-refractivity contribution is -0.117. The van der Waals surface area contributed by atoms with Gasteiger partial charge >= 0.3 is 0 Å². The maximum atomic E-state index is 12.8. The minimum Gasteiger partial charge on any atom is -0.360 e. The molecule has 1 aliphatic heterocycles. The Morgan fingerprint density at radius 3 is 2.41 bits per heavy atom. The summed E-state index contributed by atoms with van der Waals surface area (Å²) in [5.41, 5.74) is 2.16. The summed E-state index contributed by atoms with van der Waals surface area (Å²) in [6.07, 6.45) is 0. The van der Waals surface area contributed by atoms with Gasteiger partial charge in [0.05, 0.1) is 6.54 Å². The number of hydrogen-bond donors (Lipinski definition) is 1. The van der Waals surface area contributed by atoms with Crippen molar-refractivity contribution in [3.05, 3.63) is 41.3 Å². The van der Waals surface area contributed by atoms with Crippen LogP contribution in [0.15, 0.2) is 33.7 Å². The van der Waals surface area contributed by atoms with E-state index in [0.717, 1.165) is 11.3 Å². The monoisotopic (exact) mass is 392 g/mol. The zero-order valence-corrected chi connectivity index (χ0v) is 16.5. The van der Waals surface area contributed by atoms with Crippen LogP contribution in [0.2, 0.25) is 0 Å². The SMILES string of the molecule is Cc1ccccc1NC(=O)CN1CCN(S(=O)(=O)c2c(C)noc2C)CC1. The number of carbonyl (C=O) groups excluding carboxylic acids is 1. The van der Waals surface area contributed by atoms with E-state index in [1.807, 2.05) is 36.1 Å². The van der Waals surface area contributed by atoms with Crippen LogP contribution in [0.3, 0.4) is 0 Å². The van der Waals surface area contributed by atoms with Gasteiger partial charge in [-0.05, 0) is 32.4 Å². The molecule has 0 unspecified atom stereocenters. The van der Waals surface area contributed by atoms with Gasteiger partial charge in [-0.3, -0.25) is 9.69 Å². The van der Waals surface area contributed by atoms with E-state index >= 15 is 0 Å². The first kappa shape index (κ1) is 19.5. The molecule has 1 N–H and O–H groups in total. The smallest absolute Gasteiger partial charge is 0.248 e. The molecule has 2 aromatic rings. The first-order chi connectivity index (χ1) is 12.8. The summed E-state index contributed by atoms with van der Waals surface area (Å²) >= 11 is 0. The number of nitrogens with zero attached hydrogens (tertiary/aromatic N) is 3. The highest BCUT2D eigenvalue weighted by atomic mass is 32.2. The second kappa shape index (κ2) is 7.79. The molecule has 1 saturated heterocycles. The molecule has 1 aromatic heterocycles. The summed E-state index contributed by atoms with van der Waals surface area (Å²) in [5.74, 6) is 0.193. The minimum absolute atomic E-state index is 0.105. The Labute approximate surface area is 159 Å². The number of aryl methyl sites for hydroxylation is 3. The van der Waals surface area contributed by atoms with E-state index in [0.29, 0.717) is 37.6 Å². The van der Waals surface area contributed by atoms with Crippen molar-refractivity contribution >= 4 is 21.6 Å². The van der Waals surface area contributed by atoms with Crippen LogP contribution in [-0.2, 0) is 14.8 Å². The molecule has 2 heterocycles. The van der Waals surface area contributed by atoms with Crippen LogP contribution >= 0.6 is 0 Å². The van der Waals surface area contributed by atoms with E-state index in [-0.39, 0.29) is 17.3 Å². The molecule has 146 valence electrons. The largest absolute Gasteiger partial charge is 0.360 e. The second-order valence-electron chi connectivity index (χ2n) is 6.70. The van der Waals surface area contributed by atoms with Gasteiger partial charge in [-0.1, -0.05) is 23.4 Å². The number of sulfonamides is 1. The average molecular weight is 392 g/mol. The molecule has 0 radical (unpaired) electrons. The van der Waals surface area contributed by atoms with E-state index < -0.39 is 10.0 Å². The first-order valence-electron chi connectivity index (χ1n) is 8.80. The topological polar surface area (TPSA) is 95.8 Å². The number of piperazine rings is 1. The number of rotatable bonds is 5. The third-order valence-electron chi connectivity index (χ3n) is 4.68. The molecule has 1 fully saturated rings. The highest BCUT2D eigenvalue weighted by molar-refractivity contribution is 7.89. The van der Waals surface area contributed by atoms with E-state index in [1.54, 1.807) is 13.8 Å². The third kappa shape index (κ3) is 4.20. The molecule has 0 atom stereocenters. The molecule has 0 aliphatic carbocycles. The van der Waals surface area contributed by atoms with Crippen molar-refractivity contribution in [3.63, 3.8) is 0 Å². The lowest BCUT2D eigenvalue weighted by Gasteiger charge is -2.33. The van der Waals surface area contributed by atoms with Crippen LogP contribution in [0.5, 0.6) is 0 Å². The fourth-order valence-corrected chi connectivity index (χ4v) is 4.92. The van der Waals surface area contributed by atoms with Crippen LogP contribution in [-0.4, -0.2) is 61.4 Å². The van der Waals surface area contributed by atoms with Crippen molar-refractivity contribution in [1.29, 1.82) is 0 Å². The predicted molar refractivity (Wildman–Crippen MR) is 101 cm³/mol. The fourth-order valence-electron chi connectivity index (χ4n) is 3.21. The molecule has 0 saturated carbocycles. The van der Waals surface area contributed by atoms with Crippen molar-refractivity contribution in [2.24, 2.45) is 0 Å². The number of hydrogen-bond acceptors (Lipinski definition) is 6. The molecule has 1 aromatic carbocycles. The lowest BCUT2D eigenvalue weighted by atomic mass is 10.2. The van der Waals surface area contributed by atoms with Gasteiger partial charge < -0.3 is 9.84 Å². The number of nitrogens with one attached hydrogen (secondary N) is 1. The first-order valence-corrected chi connectivity index (χ1v) is 10.2. The molecule has 3 rings (SSSR count). The highest BCUT2D eigenvalue weighted by Crippen LogP contribution is 2.24. The Hall–Kier alpha value is -2.23. The van der Waals surface area contributed by atoms with Gasteiger partial charge in [0.15, 0.2) is 5.76 Å². The van der Waals surface area contributed by atoms with Gasteiger partial charge in [-0.25, -0.2) is 8.42 Å². The van der Waals surface area contributed by atoms with Crippen molar-refractivity contribution in [2.75, 3.05) is 38.0 Å². The van der Waals surface area contributed by atoms with Gasteiger partial charge in [-0.2, -0.15) is 4.31 Å². The van der Waals surface area contributed by atoms with Gasteiger partial charge in [0.1, 0.15) is 10.6 Å². The van der Waals surface area contributed by atoms with Crippen LogP contribution in [0, 0.1) is 20.8 Å². The van der Waals surface area contributed by atoms with Crippen LogP contribution in [0.25, 0.3) is 0 Å². The summed E-state index contributed by atoms with van der Waals surface area (Å²) in [4.78, 5) is 14.4. The maximum absolute atomic E-state index is 12.8. The second-order valence-corrected chi connectivity index (χ2v) is 8.57. The highest BCUT2D eigenvalue weighted by Gasteiger charge is 2.33. The number of para-hydroxylation sites is 1. The normalized spacial score (nSPS) is 16.4. The number of amides is 1. The summed E-state index contributed by atoms with van der Waals surface area (Å²) in [6.45, 7) is 7.01. The number of anilines is 1. The Morgan fingerprint density at radius 2 is 1.81 bits per heavy atom. The van der Waals surface area contributed by atoms with Crippen LogP contribution in [0.4, 0.5) is 5.69 Å². The summed E-state index contributed by atoms with van der Waals surface area (Å²) in [6, 6.07) is 7.60. The van der Waals surface area contributed by atoms with Crippen molar-refractivity contribution < 1.29 is 17.7 Å². The zero-order chi connectivity index (χ0) is 19.6. The van der Waals surface area contributed by atoms with Gasteiger partial charge in [0.25, 0.3) is 0 Å².